The standard InChI is InChI=1S/C14H23N3O/c1-12(13-4-7-15-8-5-13)17(9-10-18)11-14-3-2-6-16-14/h4-5,7-8,12,14,16,18H,2-3,6,9-11H2,1H3. The lowest BCUT2D eigenvalue weighted by Gasteiger charge is -2.31. The van der Waals surface area contributed by atoms with E-state index in [1.165, 1.54) is 18.4 Å². The molecule has 2 N–H and O–H groups in total. The number of aliphatic hydroxyl groups excluding tert-OH is 1. The zero-order valence-electron chi connectivity index (χ0n) is 11.0. The molecule has 0 radical (unpaired) electrons. The Balaban J connectivity index is 1.99. The van der Waals surface area contributed by atoms with E-state index in [9.17, 15) is 5.11 Å². The van der Waals surface area contributed by atoms with Crippen molar-refractivity contribution in [2.45, 2.75) is 31.8 Å². The van der Waals surface area contributed by atoms with Crippen molar-refractivity contribution in [3.63, 3.8) is 0 Å². The molecule has 0 saturated carbocycles. The SMILES string of the molecule is CC(c1ccncc1)N(CCO)CC1CCCN1. The van der Waals surface area contributed by atoms with Gasteiger partial charge >= 0.3 is 0 Å². The third-order valence-electron chi connectivity index (χ3n) is 3.74. The topological polar surface area (TPSA) is 48.4 Å². The maximum absolute atomic E-state index is 9.23. The fourth-order valence-electron chi connectivity index (χ4n) is 2.62. The second-order valence-corrected chi connectivity index (χ2v) is 4.97. The summed E-state index contributed by atoms with van der Waals surface area (Å²) >= 11 is 0. The molecule has 4 nitrogen and oxygen atoms in total. The molecule has 0 aromatic carbocycles. The van der Waals surface area contributed by atoms with Crippen LogP contribution in [0.15, 0.2) is 24.5 Å². The van der Waals surface area contributed by atoms with E-state index in [0.29, 0.717) is 12.1 Å². The fourth-order valence-corrected chi connectivity index (χ4v) is 2.62. The van der Waals surface area contributed by atoms with Crippen LogP contribution in [0.4, 0.5) is 0 Å². The van der Waals surface area contributed by atoms with Crippen molar-refractivity contribution in [2.75, 3.05) is 26.2 Å². The number of hydrogen-bond acceptors (Lipinski definition) is 4. The third kappa shape index (κ3) is 3.51. The van der Waals surface area contributed by atoms with Crippen molar-refractivity contribution < 1.29 is 5.11 Å². The van der Waals surface area contributed by atoms with Crippen molar-refractivity contribution in [3.05, 3.63) is 30.1 Å². The summed E-state index contributed by atoms with van der Waals surface area (Å²) < 4.78 is 0. The van der Waals surface area contributed by atoms with E-state index in [-0.39, 0.29) is 6.61 Å². The Kier molecular flexibility index (Phi) is 5.11. The van der Waals surface area contributed by atoms with Crippen LogP contribution in [0.1, 0.15) is 31.4 Å². The highest BCUT2D eigenvalue weighted by Crippen LogP contribution is 2.20. The zero-order valence-corrected chi connectivity index (χ0v) is 11.0. The first kappa shape index (κ1) is 13.5. The van der Waals surface area contributed by atoms with Crippen LogP contribution in [0.3, 0.4) is 0 Å². The van der Waals surface area contributed by atoms with Gasteiger partial charge in [0.1, 0.15) is 0 Å². The van der Waals surface area contributed by atoms with Crippen LogP contribution in [0, 0.1) is 0 Å². The van der Waals surface area contributed by atoms with Crippen molar-refractivity contribution in [1.82, 2.24) is 15.2 Å². The predicted octanol–water partition coefficient (Wildman–Crippen LogP) is 1.19. The van der Waals surface area contributed by atoms with E-state index in [4.69, 9.17) is 0 Å². The number of aliphatic hydroxyl groups is 1. The average molecular weight is 249 g/mol. The van der Waals surface area contributed by atoms with E-state index < -0.39 is 0 Å². The quantitative estimate of drug-likeness (QED) is 0.795. The zero-order chi connectivity index (χ0) is 12.8. The largest absolute Gasteiger partial charge is 0.395 e. The fraction of sp³-hybridized carbons (Fsp3) is 0.643. The number of nitrogens with one attached hydrogen (secondary N) is 1. The van der Waals surface area contributed by atoms with Crippen molar-refractivity contribution >= 4 is 0 Å². The summed E-state index contributed by atoms with van der Waals surface area (Å²) in [6.45, 7) is 5.26. The summed E-state index contributed by atoms with van der Waals surface area (Å²) in [5.74, 6) is 0. The second kappa shape index (κ2) is 6.83. The number of hydrogen-bond donors (Lipinski definition) is 2. The van der Waals surface area contributed by atoms with Gasteiger partial charge < -0.3 is 10.4 Å². The number of rotatable bonds is 6. The molecule has 4 heteroatoms. The minimum atomic E-state index is 0.210. The molecular weight excluding hydrogens is 226 g/mol. The molecule has 100 valence electrons. The molecule has 1 aliphatic rings. The molecule has 0 aliphatic carbocycles. The molecule has 1 aliphatic heterocycles. The summed E-state index contributed by atoms with van der Waals surface area (Å²) in [6.07, 6.45) is 6.17. The monoisotopic (exact) mass is 249 g/mol. The molecule has 0 bridgehead atoms. The van der Waals surface area contributed by atoms with Crippen LogP contribution in [0.25, 0.3) is 0 Å². The smallest absolute Gasteiger partial charge is 0.0558 e. The van der Waals surface area contributed by atoms with Crippen molar-refractivity contribution in [3.8, 4) is 0 Å². The molecule has 2 rings (SSSR count). The molecule has 1 saturated heterocycles. The summed E-state index contributed by atoms with van der Waals surface area (Å²) in [6, 6.07) is 5.00. The normalized spacial score (nSPS) is 21.4. The van der Waals surface area contributed by atoms with Gasteiger partial charge in [-0.1, -0.05) is 0 Å². The minimum Gasteiger partial charge on any atom is -0.395 e. The molecule has 2 unspecified atom stereocenters. The molecular formula is C14H23N3O. The van der Waals surface area contributed by atoms with Crippen LogP contribution >= 0.6 is 0 Å². The maximum Gasteiger partial charge on any atom is 0.0558 e. The Bertz CT molecular complexity index is 338. The maximum atomic E-state index is 9.23. The van der Waals surface area contributed by atoms with Crippen molar-refractivity contribution in [1.29, 1.82) is 0 Å². The van der Waals surface area contributed by atoms with Crippen LogP contribution in [0.5, 0.6) is 0 Å². The van der Waals surface area contributed by atoms with Gasteiger partial charge in [-0.25, -0.2) is 0 Å². The summed E-state index contributed by atoms with van der Waals surface area (Å²) in [7, 11) is 0. The molecule has 18 heavy (non-hydrogen) atoms. The predicted molar refractivity (Wildman–Crippen MR) is 72.3 cm³/mol. The van der Waals surface area contributed by atoms with Crippen LogP contribution in [-0.4, -0.2) is 47.3 Å². The third-order valence-corrected chi connectivity index (χ3v) is 3.74. The number of pyridine rings is 1. The van der Waals surface area contributed by atoms with E-state index in [0.717, 1.165) is 19.6 Å². The minimum absolute atomic E-state index is 0.210. The van der Waals surface area contributed by atoms with Gasteiger partial charge in [0.25, 0.3) is 0 Å². The van der Waals surface area contributed by atoms with Gasteiger partial charge in [0, 0.05) is 37.6 Å². The van der Waals surface area contributed by atoms with Crippen LogP contribution in [0.2, 0.25) is 0 Å². The first-order chi connectivity index (χ1) is 8.81. The Hall–Kier alpha value is -0.970. The Morgan fingerprint density at radius 1 is 1.50 bits per heavy atom. The molecule has 0 spiro atoms. The summed E-state index contributed by atoms with van der Waals surface area (Å²) in [5, 5.41) is 12.7. The molecule has 2 atom stereocenters. The van der Waals surface area contributed by atoms with E-state index in [2.05, 4.69) is 34.3 Å². The van der Waals surface area contributed by atoms with Crippen LogP contribution < -0.4 is 5.32 Å². The van der Waals surface area contributed by atoms with Crippen LogP contribution in [-0.2, 0) is 0 Å². The summed E-state index contributed by atoms with van der Waals surface area (Å²) in [4.78, 5) is 6.40. The first-order valence-corrected chi connectivity index (χ1v) is 6.79. The van der Waals surface area contributed by atoms with Gasteiger partial charge in [0.05, 0.1) is 6.61 Å². The molecule has 1 aromatic heterocycles. The summed E-state index contributed by atoms with van der Waals surface area (Å²) in [5.41, 5.74) is 1.26. The highest BCUT2D eigenvalue weighted by atomic mass is 16.3. The Morgan fingerprint density at radius 3 is 2.89 bits per heavy atom. The lowest BCUT2D eigenvalue weighted by molar-refractivity contribution is 0.147. The highest BCUT2D eigenvalue weighted by molar-refractivity contribution is 5.14. The van der Waals surface area contributed by atoms with Crippen molar-refractivity contribution in [2.24, 2.45) is 0 Å². The number of aromatic nitrogens is 1. The number of nitrogens with zero attached hydrogens (tertiary/aromatic N) is 2. The van der Waals surface area contributed by atoms with Gasteiger partial charge in [-0.05, 0) is 44.0 Å². The lowest BCUT2D eigenvalue weighted by Crippen LogP contribution is -2.40. The molecule has 1 aromatic rings. The highest BCUT2D eigenvalue weighted by Gasteiger charge is 2.21. The Labute approximate surface area is 109 Å². The van der Waals surface area contributed by atoms with Gasteiger partial charge in [-0.2, -0.15) is 0 Å². The second-order valence-electron chi connectivity index (χ2n) is 4.97. The average Bonchev–Trinajstić information content (AvgIpc) is 2.91. The van der Waals surface area contributed by atoms with E-state index in [1.807, 2.05) is 12.4 Å². The Morgan fingerprint density at radius 2 is 2.28 bits per heavy atom. The first-order valence-electron chi connectivity index (χ1n) is 6.79. The van der Waals surface area contributed by atoms with E-state index in [1.54, 1.807) is 0 Å². The van der Waals surface area contributed by atoms with Gasteiger partial charge in [-0.15, -0.1) is 0 Å². The lowest BCUT2D eigenvalue weighted by atomic mass is 10.1. The molecule has 1 fully saturated rings. The van der Waals surface area contributed by atoms with Gasteiger partial charge in [-0.3, -0.25) is 9.88 Å². The molecule has 0 amide bonds. The van der Waals surface area contributed by atoms with E-state index >= 15 is 0 Å². The molecule has 2 heterocycles. The van der Waals surface area contributed by atoms with Gasteiger partial charge in [0.15, 0.2) is 0 Å². The van der Waals surface area contributed by atoms with Gasteiger partial charge in [0.2, 0.25) is 0 Å².